The number of benzene rings is 8. The molecular weight excluding hydrogens is 661 g/mol. The van der Waals surface area contributed by atoms with Crippen molar-refractivity contribution in [1.82, 2.24) is 19.9 Å². The smallest absolute Gasteiger partial charge is 0.156 e. The van der Waals surface area contributed by atoms with Gasteiger partial charge in [0.25, 0.3) is 0 Å². The first-order valence-corrected chi connectivity index (χ1v) is 18.0. The number of anilines is 6. The lowest BCUT2D eigenvalue weighted by atomic mass is 10.0. The number of hydrogen-bond donors (Lipinski definition) is 0. The molecule has 2 heterocycles. The van der Waals surface area contributed by atoms with Gasteiger partial charge in [-0.3, -0.25) is 9.80 Å². The summed E-state index contributed by atoms with van der Waals surface area (Å²) in [6, 6.07) is 59.2. The minimum Gasteiger partial charge on any atom is -0.293 e. The number of fused-ring (bicyclic) bond motifs is 4. The van der Waals surface area contributed by atoms with Crippen LogP contribution in [0, 0.1) is 0 Å². The fraction of sp³-hybridized carbons (Fsp3) is 0. The standard InChI is InChI=1S/C48H32N6/c1-5-21-37-33(13-1)17-9-25-43(37)53(44-26-10-18-34-14-2-6-22-38(34)44)47-31-49-41(29-51-47)42-30-52-48(32-50-42)54(45-27-11-19-35-15-3-7-23-39(35)45)46-28-12-20-36-16-4-8-24-40(36)46/h1-32H. The molecule has 0 aliphatic heterocycles. The molecular formula is C48H32N6. The second-order valence-corrected chi connectivity index (χ2v) is 13.2. The number of rotatable bonds is 7. The highest BCUT2D eigenvalue weighted by molar-refractivity contribution is 6.05. The van der Waals surface area contributed by atoms with Gasteiger partial charge in [-0.25, -0.2) is 19.9 Å². The molecule has 6 heteroatoms. The monoisotopic (exact) mass is 692 g/mol. The molecule has 0 fully saturated rings. The molecule has 254 valence electrons. The second kappa shape index (κ2) is 13.3. The highest BCUT2D eigenvalue weighted by Gasteiger charge is 2.21. The van der Waals surface area contributed by atoms with Crippen molar-refractivity contribution >= 4 is 77.5 Å². The topological polar surface area (TPSA) is 58.0 Å². The van der Waals surface area contributed by atoms with E-state index in [1.165, 1.54) is 0 Å². The molecule has 0 N–H and O–H groups in total. The predicted octanol–water partition coefficient (Wildman–Crippen LogP) is 12.5. The molecule has 6 nitrogen and oxygen atoms in total. The first-order chi connectivity index (χ1) is 26.8. The van der Waals surface area contributed by atoms with E-state index in [2.05, 4.69) is 180 Å². The van der Waals surface area contributed by atoms with Crippen molar-refractivity contribution in [3.8, 4) is 11.4 Å². The molecule has 10 rings (SSSR count). The summed E-state index contributed by atoms with van der Waals surface area (Å²) in [7, 11) is 0. The lowest BCUT2D eigenvalue weighted by molar-refractivity contribution is 1.10. The van der Waals surface area contributed by atoms with Crippen molar-refractivity contribution in [2.75, 3.05) is 9.80 Å². The summed E-state index contributed by atoms with van der Waals surface area (Å²) in [4.78, 5) is 24.3. The van der Waals surface area contributed by atoms with E-state index in [9.17, 15) is 0 Å². The van der Waals surface area contributed by atoms with Gasteiger partial charge < -0.3 is 0 Å². The summed E-state index contributed by atoms with van der Waals surface area (Å²) in [6.45, 7) is 0. The maximum Gasteiger partial charge on any atom is 0.156 e. The highest BCUT2D eigenvalue weighted by Crippen LogP contribution is 2.43. The zero-order valence-corrected chi connectivity index (χ0v) is 29.2. The Labute approximate surface area is 312 Å². The van der Waals surface area contributed by atoms with Crippen molar-refractivity contribution in [3.63, 3.8) is 0 Å². The zero-order valence-electron chi connectivity index (χ0n) is 29.2. The largest absolute Gasteiger partial charge is 0.293 e. The van der Waals surface area contributed by atoms with Gasteiger partial charge in [0.05, 0.1) is 47.5 Å². The van der Waals surface area contributed by atoms with Gasteiger partial charge in [0, 0.05) is 21.5 Å². The summed E-state index contributed by atoms with van der Waals surface area (Å²) in [5.74, 6) is 1.41. The molecule has 0 spiro atoms. The molecule has 0 saturated carbocycles. The minimum absolute atomic E-state index is 0.635. The van der Waals surface area contributed by atoms with Crippen molar-refractivity contribution in [1.29, 1.82) is 0 Å². The van der Waals surface area contributed by atoms with E-state index in [0.29, 0.717) is 23.0 Å². The highest BCUT2D eigenvalue weighted by atomic mass is 15.2. The van der Waals surface area contributed by atoms with Crippen LogP contribution in [0.15, 0.2) is 195 Å². The van der Waals surface area contributed by atoms with E-state index in [1.807, 2.05) is 12.4 Å². The van der Waals surface area contributed by atoms with Crippen LogP contribution in [0.25, 0.3) is 54.5 Å². The Hall–Kier alpha value is -7.44. The normalized spacial score (nSPS) is 11.3. The number of nitrogens with zero attached hydrogens (tertiary/aromatic N) is 6. The Morgan fingerprint density at radius 1 is 0.259 bits per heavy atom. The third-order valence-electron chi connectivity index (χ3n) is 10.0. The van der Waals surface area contributed by atoms with Crippen molar-refractivity contribution < 1.29 is 0 Å². The maximum atomic E-state index is 5.03. The van der Waals surface area contributed by atoms with Gasteiger partial charge in [0.15, 0.2) is 11.6 Å². The van der Waals surface area contributed by atoms with Crippen LogP contribution in [-0.2, 0) is 0 Å². The van der Waals surface area contributed by atoms with Gasteiger partial charge in [0.1, 0.15) is 11.4 Å². The quantitative estimate of drug-likeness (QED) is 0.166. The molecule has 0 amide bonds. The Morgan fingerprint density at radius 2 is 0.537 bits per heavy atom. The molecule has 0 saturated heterocycles. The SMILES string of the molecule is c1ccc2c(N(c3cnc(-c4cnc(N(c5cccc6ccccc56)c5cccc6ccccc56)cn4)cn3)c3cccc4ccccc34)cccc2c1. The molecule has 10 aromatic rings. The minimum atomic E-state index is 0.635. The molecule has 0 aliphatic carbocycles. The molecule has 0 bridgehead atoms. The Morgan fingerprint density at radius 3 is 0.815 bits per heavy atom. The van der Waals surface area contributed by atoms with Gasteiger partial charge in [0.2, 0.25) is 0 Å². The summed E-state index contributed by atoms with van der Waals surface area (Å²) in [5.41, 5.74) is 5.37. The Bertz CT molecular complexity index is 2580. The van der Waals surface area contributed by atoms with E-state index in [1.54, 1.807) is 12.4 Å². The Kier molecular flexibility index (Phi) is 7.69. The predicted molar refractivity (Wildman–Crippen MR) is 222 cm³/mol. The van der Waals surface area contributed by atoms with Crippen LogP contribution in [0.4, 0.5) is 34.4 Å². The summed E-state index contributed by atoms with van der Waals surface area (Å²) >= 11 is 0. The van der Waals surface area contributed by atoms with Crippen molar-refractivity contribution in [2.24, 2.45) is 0 Å². The fourth-order valence-electron chi connectivity index (χ4n) is 7.50. The van der Waals surface area contributed by atoms with Crippen LogP contribution < -0.4 is 9.80 Å². The maximum absolute atomic E-state index is 5.03. The van der Waals surface area contributed by atoms with Gasteiger partial charge in [-0.05, 0) is 45.8 Å². The van der Waals surface area contributed by atoms with Crippen molar-refractivity contribution in [2.45, 2.75) is 0 Å². The lowest BCUT2D eigenvalue weighted by Gasteiger charge is -2.27. The van der Waals surface area contributed by atoms with E-state index in [-0.39, 0.29) is 0 Å². The first-order valence-electron chi connectivity index (χ1n) is 18.0. The zero-order chi connectivity index (χ0) is 35.8. The number of aromatic nitrogens is 4. The molecule has 0 radical (unpaired) electrons. The number of hydrogen-bond acceptors (Lipinski definition) is 6. The fourth-order valence-corrected chi connectivity index (χ4v) is 7.50. The van der Waals surface area contributed by atoms with Gasteiger partial charge in [-0.1, -0.05) is 146 Å². The van der Waals surface area contributed by atoms with E-state index in [0.717, 1.165) is 65.8 Å². The molecule has 2 aromatic heterocycles. The molecule has 54 heavy (non-hydrogen) atoms. The average Bonchev–Trinajstić information content (AvgIpc) is 3.25. The molecule has 0 atom stereocenters. The summed E-state index contributed by atoms with van der Waals surface area (Å²) < 4.78 is 0. The van der Waals surface area contributed by atoms with E-state index >= 15 is 0 Å². The van der Waals surface area contributed by atoms with Crippen LogP contribution in [0.1, 0.15) is 0 Å². The first kappa shape index (κ1) is 31.3. The van der Waals surface area contributed by atoms with E-state index in [4.69, 9.17) is 19.9 Å². The molecule has 0 aliphatic rings. The lowest BCUT2D eigenvalue weighted by Crippen LogP contribution is -2.13. The Balaban J connectivity index is 1.07. The van der Waals surface area contributed by atoms with Crippen LogP contribution in [0.5, 0.6) is 0 Å². The summed E-state index contributed by atoms with van der Waals surface area (Å²) in [5, 5.41) is 9.12. The van der Waals surface area contributed by atoms with Gasteiger partial charge in [-0.15, -0.1) is 0 Å². The van der Waals surface area contributed by atoms with E-state index < -0.39 is 0 Å². The van der Waals surface area contributed by atoms with Crippen LogP contribution >= 0.6 is 0 Å². The van der Waals surface area contributed by atoms with Crippen LogP contribution in [-0.4, -0.2) is 19.9 Å². The molecule has 8 aromatic carbocycles. The van der Waals surface area contributed by atoms with Gasteiger partial charge in [-0.2, -0.15) is 0 Å². The third-order valence-corrected chi connectivity index (χ3v) is 10.0. The van der Waals surface area contributed by atoms with Gasteiger partial charge >= 0.3 is 0 Å². The molecule has 0 unspecified atom stereocenters. The third kappa shape index (κ3) is 5.45. The van der Waals surface area contributed by atoms with Crippen LogP contribution in [0.2, 0.25) is 0 Å². The average molecular weight is 693 g/mol. The summed E-state index contributed by atoms with van der Waals surface area (Å²) in [6.07, 6.45) is 7.23. The van der Waals surface area contributed by atoms with Crippen LogP contribution in [0.3, 0.4) is 0 Å². The van der Waals surface area contributed by atoms with Crippen molar-refractivity contribution in [3.05, 3.63) is 195 Å². The second-order valence-electron chi connectivity index (χ2n) is 13.2.